The molecule has 0 heterocycles. The SMILES string of the molecule is CCC(=O)OC1CCC=C1O. The van der Waals surface area contributed by atoms with Crippen LogP contribution in [0.4, 0.5) is 0 Å². The third-order valence-corrected chi connectivity index (χ3v) is 1.67. The highest BCUT2D eigenvalue weighted by Crippen LogP contribution is 2.19. The van der Waals surface area contributed by atoms with E-state index >= 15 is 0 Å². The van der Waals surface area contributed by atoms with Gasteiger partial charge in [0.05, 0.1) is 0 Å². The second-order valence-electron chi connectivity index (χ2n) is 2.54. The van der Waals surface area contributed by atoms with Gasteiger partial charge in [-0.1, -0.05) is 6.92 Å². The summed E-state index contributed by atoms with van der Waals surface area (Å²) in [5.74, 6) is -0.0522. The number of aliphatic hydroxyl groups is 1. The van der Waals surface area contributed by atoms with E-state index in [1.54, 1.807) is 13.0 Å². The molecule has 0 aromatic heterocycles. The minimum absolute atomic E-state index is 0.201. The molecule has 0 fully saturated rings. The fourth-order valence-corrected chi connectivity index (χ4v) is 1.02. The number of aliphatic hydroxyl groups excluding tert-OH is 1. The van der Waals surface area contributed by atoms with Crippen molar-refractivity contribution in [2.24, 2.45) is 0 Å². The molecule has 11 heavy (non-hydrogen) atoms. The van der Waals surface area contributed by atoms with Crippen molar-refractivity contribution in [1.82, 2.24) is 0 Å². The molecule has 1 aliphatic carbocycles. The highest BCUT2D eigenvalue weighted by atomic mass is 16.6. The standard InChI is InChI=1S/C8H12O3/c1-2-8(10)11-7-5-3-4-6(7)9/h4,7,9H,2-3,5H2,1H3. The van der Waals surface area contributed by atoms with E-state index in [1.807, 2.05) is 0 Å². The van der Waals surface area contributed by atoms with Crippen LogP contribution in [0, 0.1) is 0 Å². The Hall–Kier alpha value is -0.990. The lowest BCUT2D eigenvalue weighted by Crippen LogP contribution is -2.16. The van der Waals surface area contributed by atoms with Gasteiger partial charge < -0.3 is 9.84 Å². The van der Waals surface area contributed by atoms with Crippen LogP contribution in [-0.4, -0.2) is 17.2 Å². The van der Waals surface area contributed by atoms with E-state index in [-0.39, 0.29) is 17.8 Å². The second kappa shape index (κ2) is 3.42. The number of rotatable bonds is 2. The highest BCUT2D eigenvalue weighted by molar-refractivity contribution is 5.69. The van der Waals surface area contributed by atoms with Gasteiger partial charge in [0.15, 0.2) is 6.10 Å². The fourth-order valence-electron chi connectivity index (χ4n) is 1.02. The summed E-state index contributed by atoms with van der Waals surface area (Å²) in [4.78, 5) is 10.8. The molecule has 0 aromatic carbocycles. The minimum Gasteiger partial charge on any atom is -0.509 e. The number of carbonyl (C=O) groups is 1. The predicted octanol–water partition coefficient (Wildman–Crippen LogP) is 1.54. The van der Waals surface area contributed by atoms with Crippen molar-refractivity contribution in [2.75, 3.05) is 0 Å². The van der Waals surface area contributed by atoms with Crippen LogP contribution in [0.25, 0.3) is 0 Å². The Labute approximate surface area is 65.7 Å². The topological polar surface area (TPSA) is 46.5 Å². The molecule has 3 nitrogen and oxygen atoms in total. The summed E-state index contributed by atoms with van der Waals surface area (Å²) in [7, 11) is 0. The molecule has 1 atom stereocenters. The van der Waals surface area contributed by atoms with Crippen molar-refractivity contribution in [3.63, 3.8) is 0 Å². The largest absolute Gasteiger partial charge is 0.509 e. The third-order valence-electron chi connectivity index (χ3n) is 1.67. The van der Waals surface area contributed by atoms with Gasteiger partial charge in [0.2, 0.25) is 0 Å². The maximum absolute atomic E-state index is 10.8. The van der Waals surface area contributed by atoms with Crippen LogP contribution in [0.5, 0.6) is 0 Å². The molecule has 62 valence electrons. The van der Waals surface area contributed by atoms with Gasteiger partial charge in [-0.2, -0.15) is 0 Å². The van der Waals surface area contributed by atoms with Crippen molar-refractivity contribution in [1.29, 1.82) is 0 Å². The number of hydrogen-bond donors (Lipinski definition) is 1. The summed E-state index contributed by atoms with van der Waals surface area (Å²) >= 11 is 0. The van der Waals surface area contributed by atoms with Crippen LogP contribution in [0.2, 0.25) is 0 Å². The lowest BCUT2D eigenvalue weighted by atomic mass is 10.3. The van der Waals surface area contributed by atoms with E-state index in [4.69, 9.17) is 9.84 Å². The molecule has 0 radical (unpaired) electrons. The zero-order valence-corrected chi connectivity index (χ0v) is 6.54. The summed E-state index contributed by atoms with van der Waals surface area (Å²) in [6, 6.07) is 0. The van der Waals surface area contributed by atoms with Gasteiger partial charge in [-0.25, -0.2) is 0 Å². The number of allylic oxidation sites excluding steroid dienone is 1. The smallest absolute Gasteiger partial charge is 0.306 e. The zero-order valence-electron chi connectivity index (χ0n) is 6.54. The quantitative estimate of drug-likeness (QED) is 0.617. The summed E-state index contributed by atoms with van der Waals surface area (Å²) in [6.07, 6.45) is 3.20. The van der Waals surface area contributed by atoms with E-state index in [0.29, 0.717) is 6.42 Å². The molecule has 0 bridgehead atoms. The van der Waals surface area contributed by atoms with E-state index in [1.165, 1.54) is 0 Å². The van der Waals surface area contributed by atoms with Gasteiger partial charge in [0.25, 0.3) is 0 Å². The van der Waals surface area contributed by atoms with Gasteiger partial charge in [-0.05, 0) is 18.9 Å². The molecule has 1 aliphatic rings. The fraction of sp³-hybridized carbons (Fsp3) is 0.625. The second-order valence-corrected chi connectivity index (χ2v) is 2.54. The van der Waals surface area contributed by atoms with Gasteiger partial charge in [-0.15, -0.1) is 0 Å². The predicted molar refractivity (Wildman–Crippen MR) is 40.1 cm³/mol. The Morgan fingerprint density at radius 3 is 3.09 bits per heavy atom. The Morgan fingerprint density at radius 1 is 1.91 bits per heavy atom. The first-order valence-electron chi connectivity index (χ1n) is 3.82. The number of esters is 1. The Bertz CT molecular complexity index is 184. The number of hydrogen-bond acceptors (Lipinski definition) is 3. The average molecular weight is 156 g/mol. The lowest BCUT2D eigenvalue weighted by Gasteiger charge is -2.10. The number of carbonyl (C=O) groups excluding carboxylic acids is 1. The van der Waals surface area contributed by atoms with Crippen LogP contribution in [0.15, 0.2) is 11.8 Å². The molecular formula is C8H12O3. The van der Waals surface area contributed by atoms with E-state index in [0.717, 1.165) is 12.8 Å². The molecule has 0 aliphatic heterocycles. The van der Waals surface area contributed by atoms with Crippen LogP contribution in [0.3, 0.4) is 0 Å². The molecule has 0 spiro atoms. The van der Waals surface area contributed by atoms with Gasteiger partial charge in [0, 0.05) is 6.42 Å². The van der Waals surface area contributed by atoms with Crippen LogP contribution in [-0.2, 0) is 9.53 Å². The van der Waals surface area contributed by atoms with Crippen LogP contribution >= 0.6 is 0 Å². The first-order chi connectivity index (χ1) is 5.24. The summed E-state index contributed by atoms with van der Waals surface area (Å²) < 4.78 is 4.92. The molecule has 0 saturated heterocycles. The Morgan fingerprint density at radius 2 is 2.64 bits per heavy atom. The summed E-state index contributed by atoms with van der Waals surface area (Å²) in [5.41, 5.74) is 0. The molecule has 1 rings (SSSR count). The Balaban J connectivity index is 2.38. The summed E-state index contributed by atoms with van der Waals surface area (Å²) in [5, 5.41) is 9.12. The van der Waals surface area contributed by atoms with Gasteiger partial charge in [0.1, 0.15) is 5.76 Å². The van der Waals surface area contributed by atoms with Crippen LogP contribution < -0.4 is 0 Å². The molecule has 0 saturated carbocycles. The third kappa shape index (κ3) is 1.97. The van der Waals surface area contributed by atoms with Crippen molar-refractivity contribution < 1.29 is 14.6 Å². The van der Waals surface area contributed by atoms with Crippen molar-refractivity contribution >= 4 is 5.97 Å². The molecule has 1 N–H and O–H groups in total. The molecule has 1 unspecified atom stereocenters. The van der Waals surface area contributed by atoms with E-state index in [9.17, 15) is 4.79 Å². The van der Waals surface area contributed by atoms with E-state index in [2.05, 4.69) is 0 Å². The summed E-state index contributed by atoms with van der Waals surface area (Å²) in [6.45, 7) is 1.73. The highest BCUT2D eigenvalue weighted by Gasteiger charge is 2.21. The van der Waals surface area contributed by atoms with Gasteiger partial charge >= 0.3 is 5.97 Å². The van der Waals surface area contributed by atoms with Crippen LogP contribution in [0.1, 0.15) is 26.2 Å². The minimum atomic E-state index is -0.373. The Kier molecular flexibility index (Phi) is 2.52. The molecule has 0 aromatic rings. The maximum Gasteiger partial charge on any atom is 0.306 e. The maximum atomic E-state index is 10.8. The molecule has 0 amide bonds. The van der Waals surface area contributed by atoms with E-state index < -0.39 is 0 Å². The first kappa shape index (κ1) is 8.11. The van der Waals surface area contributed by atoms with Crippen molar-refractivity contribution in [3.8, 4) is 0 Å². The molecular weight excluding hydrogens is 144 g/mol. The average Bonchev–Trinajstić information content (AvgIpc) is 2.37. The first-order valence-corrected chi connectivity index (χ1v) is 3.82. The number of ether oxygens (including phenoxy) is 1. The zero-order chi connectivity index (χ0) is 8.27. The van der Waals surface area contributed by atoms with Crippen molar-refractivity contribution in [3.05, 3.63) is 11.8 Å². The van der Waals surface area contributed by atoms with Gasteiger partial charge in [-0.3, -0.25) is 4.79 Å². The van der Waals surface area contributed by atoms with Crippen molar-refractivity contribution in [2.45, 2.75) is 32.3 Å². The lowest BCUT2D eigenvalue weighted by molar-refractivity contribution is -0.148. The normalized spacial score (nSPS) is 23.0. The monoisotopic (exact) mass is 156 g/mol. The molecule has 3 heteroatoms.